The minimum Gasteiger partial charge on any atom is -0.489 e. The zero-order chi connectivity index (χ0) is 18.5. The highest BCUT2D eigenvalue weighted by molar-refractivity contribution is 5.85. The van der Waals surface area contributed by atoms with Crippen molar-refractivity contribution in [3.63, 3.8) is 0 Å². The molecule has 1 aliphatic heterocycles. The van der Waals surface area contributed by atoms with Gasteiger partial charge in [-0.05, 0) is 23.3 Å². The zero-order valence-corrected chi connectivity index (χ0v) is 14.4. The molecular formula is C20H20N2O4. The van der Waals surface area contributed by atoms with Gasteiger partial charge in [0.25, 0.3) is 0 Å². The average Bonchev–Trinajstić information content (AvgIpc) is 2.66. The summed E-state index contributed by atoms with van der Waals surface area (Å²) in [5.41, 5.74) is 2.16. The standard InChI is InChI=1S/C20H20N2O4/c1-13-17(19(23)25-2)18(22-20(24)21-13)15-8-10-16(11-9-15)26-12-14-6-4-3-5-7-14/h3-11,17-18H,1,12H2,2H3,(H2,21,22,24). The molecule has 2 amide bonds. The summed E-state index contributed by atoms with van der Waals surface area (Å²) >= 11 is 0. The zero-order valence-electron chi connectivity index (χ0n) is 14.4. The Kier molecular flexibility index (Phi) is 5.22. The van der Waals surface area contributed by atoms with E-state index in [1.807, 2.05) is 54.6 Å². The summed E-state index contributed by atoms with van der Waals surface area (Å²) in [4.78, 5) is 23.9. The Morgan fingerprint density at radius 3 is 2.46 bits per heavy atom. The predicted octanol–water partition coefficient (Wildman–Crippen LogP) is 2.92. The minimum atomic E-state index is -0.700. The van der Waals surface area contributed by atoms with Gasteiger partial charge in [0.15, 0.2) is 0 Å². The SMILES string of the molecule is C=C1NC(=O)NC(c2ccc(OCc3ccccc3)cc2)C1C(=O)OC. The maximum absolute atomic E-state index is 12.1. The van der Waals surface area contributed by atoms with Gasteiger partial charge in [0.2, 0.25) is 0 Å². The molecule has 0 radical (unpaired) electrons. The number of hydrogen-bond donors (Lipinski definition) is 2. The first-order valence-corrected chi connectivity index (χ1v) is 8.19. The lowest BCUT2D eigenvalue weighted by molar-refractivity contribution is -0.145. The van der Waals surface area contributed by atoms with Crippen LogP contribution in [0.2, 0.25) is 0 Å². The fourth-order valence-corrected chi connectivity index (χ4v) is 2.88. The van der Waals surface area contributed by atoms with E-state index in [-0.39, 0.29) is 0 Å². The van der Waals surface area contributed by atoms with Crippen LogP contribution in [0.4, 0.5) is 4.79 Å². The number of rotatable bonds is 5. The van der Waals surface area contributed by atoms with Gasteiger partial charge in [0, 0.05) is 5.70 Å². The Bertz CT molecular complexity index is 802. The predicted molar refractivity (Wildman–Crippen MR) is 96.3 cm³/mol. The molecule has 0 aliphatic carbocycles. The van der Waals surface area contributed by atoms with Gasteiger partial charge in [-0.15, -0.1) is 0 Å². The summed E-state index contributed by atoms with van der Waals surface area (Å²) in [5.74, 6) is -0.461. The van der Waals surface area contributed by atoms with Crippen LogP contribution in [0.25, 0.3) is 0 Å². The fraction of sp³-hybridized carbons (Fsp3) is 0.200. The Morgan fingerprint density at radius 2 is 1.81 bits per heavy atom. The van der Waals surface area contributed by atoms with E-state index >= 15 is 0 Å². The van der Waals surface area contributed by atoms with Gasteiger partial charge >= 0.3 is 12.0 Å². The number of benzene rings is 2. The highest BCUT2D eigenvalue weighted by atomic mass is 16.5. The summed E-state index contributed by atoms with van der Waals surface area (Å²) in [6, 6.07) is 16.2. The molecule has 2 N–H and O–H groups in total. The molecule has 6 heteroatoms. The Balaban J connectivity index is 1.74. The third kappa shape index (κ3) is 3.85. The number of methoxy groups -OCH3 is 1. The van der Waals surface area contributed by atoms with E-state index in [0.717, 1.165) is 11.1 Å². The number of amides is 2. The molecule has 3 rings (SSSR count). The molecule has 134 valence electrons. The van der Waals surface area contributed by atoms with Crippen molar-refractivity contribution in [2.24, 2.45) is 5.92 Å². The van der Waals surface area contributed by atoms with Crippen LogP contribution in [0, 0.1) is 5.92 Å². The summed E-state index contributed by atoms with van der Waals surface area (Å²) in [6.07, 6.45) is 0. The molecule has 26 heavy (non-hydrogen) atoms. The van der Waals surface area contributed by atoms with Gasteiger partial charge in [-0.3, -0.25) is 4.79 Å². The summed E-state index contributed by atoms with van der Waals surface area (Å²) in [5, 5.41) is 5.28. The van der Waals surface area contributed by atoms with Crippen LogP contribution < -0.4 is 15.4 Å². The largest absolute Gasteiger partial charge is 0.489 e. The number of esters is 1. The molecule has 2 unspecified atom stereocenters. The Labute approximate surface area is 151 Å². The molecule has 1 fully saturated rings. The first kappa shape index (κ1) is 17.5. The van der Waals surface area contributed by atoms with Crippen molar-refractivity contribution in [1.29, 1.82) is 0 Å². The number of urea groups is 1. The van der Waals surface area contributed by atoms with E-state index in [1.54, 1.807) is 0 Å². The minimum absolute atomic E-state index is 0.315. The molecule has 2 atom stereocenters. The third-order valence-electron chi connectivity index (χ3n) is 4.21. The molecular weight excluding hydrogens is 332 g/mol. The van der Waals surface area contributed by atoms with Crippen LogP contribution in [0.15, 0.2) is 66.9 Å². The molecule has 2 aromatic rings. The van der Waals surface area contributed by atoms with Gasteiger partial charge in [-0.1, -0.05) is 49.0 Å². The van der Waals surface area contributed by atoms with Crippen molar-refractivity contribution >= 4 is 12.0 Å². The smallest absolute Gasteiger partial charge is 0.319 e. The summed E-state index contributed by atoms with van der Waals surface area (Å²) < 4.78 is 10.6. The van der Waals surface area contributed by atoms with Crippen LogP contribution in [0.5, 0.6) is 5.75 Å². The summed E-state index contributed by atoms with van der Waals surface area (Å²) in [7, 11) is 1.31. The van der Waals surface area contributed by atoms with Gasteiger partial charge in [-0.25, -0.2) is 4.79 Å². The number of nitrogens with one attached hydrogen (secondary N) is 2. The number of carbonyl (C=O) groups excluding carboxylic acids is 2. The van der Waals surface area contributed by atoms with Crippen molar-refractivity contribution in [3.05, 3.63) is 78.0 Å². The van der Waals surface area contributed by atoms with E-state index in [1.165, 1.54) is 7.11 Å². The Hall–Kier alpha value is -3.28. The van der Waals surface area contributed by atoms with E-state index < -0.39 is 24.0 Å². The van der Waals surface area contributed by atoms with E-state index in [4.69, 9.17) is 9.47 Å². The van der Waals surface area contributed by atoms with Gasteiger partial charge in [0.05, 0.1) is 13.2 Å². The lowest BCUT2D eigenvalue weighted by Crippen LogP contribution is -2.50. The van der Waals surface area contributed by atoms with Crippen LogP contribution >= 0.6 is 0 Å². The lowest BCUT2D eigenvalue weighted by atomic mass is 9.89. The second-order valence-electron chi connectivity index (χ2n) is 5.95. The molecule has 1 aliphatic rings. The average molecular weight is 352 g/mol. The molecule has 2 aromatic carbocycles. The van der Waals surface area contributed by atoms with Crippen molar-refractivity contribution in [2.75, 3.05) is 7.11 Å². The second-order valence-corrected chi connectivity index (χ2v) is 5.95. The van der Waals surface area contributed by atoms with Crippen LogP contribution in [0.3, 0.4) is 0 Å². The maximum Gasteiger partial charge on any atom is 0.319 e. The second kappa shape index (κ2) is 7.74. The Morgan fingerprint density at radius 1 is 1.12 bits per heavy atom. The first-order valence-electron chi connectivity index (χ1n) is 8.19. The third-order valence-corrected chi connectivity index (χ3v) is 4.21. The maximum atomic E-state index is 12.1. The van der Waals surface area contributed by atoms with Crippen LogP contribution in [-0.4, -0.2) is 19.1 Å². The molecule has 0 saturated carbocycles. The molecule has 1 saturated heterocycles. The van der Waals surface area contributed by atoms with E-state index in [2.05, 4.69) is 17.2 Å². The summed E-state index contributed by atoms with van der Waals surface area (Å²) in [6.45, 7) is 4.24. The van der Waals surface area contributed by atoms with Crippen molar-refractivity contribution in [2.45, 2.75) is 12.6 Å². The van der Waals surface area contributed by atoms with Crippen LogP contribution in [0.1, 0.15) is 17.2 Å². The number of carbonyl (C=O) groups is 2. The molecule has 0 spiro atoms. The molecule has 6 nitrogen and oxygen atoms in total. The fourth-order valence-electron chi connectivity index (χ4n) is 2.88. The van der Waals surface area contributed by atoms with Crippen molar-refractivity contribution < 1.29 is 19.1 Å². The number of ether oxygens (including phenoxy) is 2. The van der Waals surface area contributed by atoms with E-state index in [0.29, 0.717) is 18.1 Å². The van der Waals surface area contributed by atoms with Crippen molar-refractivity contribution in [1.82, 2.24) is 10.6 Å². The van der Waals surface area contributed by atoms with Gasteiger partial charge in [-0.2, -0.15) is 0 Å². The normalized spacial score (nSPS) is 19.3. The number of hydrogen-bond acceptors (Lipinski definition) is 4. The topological polar surface area (TPSA) is 76.7 Å². The van der Waals surface area contributed by atoms with Crippen LogP contribution in [-0.2, 0) is 16.1 Å². The van der Waals surface area contributed by atoms with Gasteiger partial charge in [0.1, 0.15) is 18.3 Å². The van der Waals surface area contributed by atoms with E-state index in [9.17, 15) is 9.59 Å². The quantitative estimate of drug-likeness (QED) is 0.811. The highest BCUT2D eigenvalue weighted by Gasteiger charge is 2.38. The highest BCUT2D eigenvalue weighted by Crippen LogP contribution is 2.31. The molecule has 0 aromatic heterocycles. The monoisotopic (exact) mass is 352 g/mol. The van der Waals surface area contributed by atoms with Crippen molar-refractivity contribution in [3.8, 4) is 5.75 Å². The lowest BCUT2D eigenvalue weighted by Gasteiger charge is -2.33. The van der Waals surface area contributed by atoms with Gasteiger partial charge < -0.3 is 20.1 Å². The molecule has 1 heterocycles. The first-order chi connectivity index (χ1) is 12.6. The molecule has 0 bridgehead atoms.